The lowest BCUT2D eigenvalue weighted by atomic mass is 10.1. The van der Waals surface area contributed by atoms with Crippen molar-refractivity contribution < 1.29 is 31.2 Å². The van der Waals surface area contributed by atoms with Gasteiger partial charge in [-0.05, 0) is 68.7 Å². The Morgan fingerprint density at radius 1 is 0.978 bits per heavy atom. The van der Waals surface area contributed by atoms with E-state index in [0.29, 0.717) is 15.9 Å². The third kappa shape index (κ3) is 8.31. The summed E-state index contributed by atoms with van der Waals surface area (Å²) in [7, 11) is -4.56. The zero-order valence-corrected chi connectivity index (χ0v) is 27.1. The average Bonchev–Trinajstić information content (AvgIpc) is 3.50. The van der Waals surface area contributed by atoms with E-state index < -0.39 is 46.2 Å². The molecular weight excluding hydrogens is 650 g/mol. The number of aryl methyl sites for hydroxylation is 1. The zero-order chi connectivity index (χ0) is 32.9. The van der Waals surface area contributed by atoms with Crippen molar-refractivity contribution in [2.75, 3.05) is 10.8 Å². The third-order valence-electron chi connectivity index (χ3n) is 7.83. The van der Waals surface area contributed by atoms with E-state index in [-0.39, 0.29) is 39.6 Å². The van der Waals surface area contributed by atoms with Gasteiger partial charge in [-0.1, -0.05) is 72.8 Å². The molecule has 1 saturated carbocycles. The lowest BCUT2D eigenvalue weighted by Crippen LogP contribution is -2.53. The number of alkyl halides is 3. The monoisotopic (exact) mass is 683 g/mol. The van der Waals surface area contributed by atoms with Crippen molar-refractivity contribution in [3.05, 3.63) is 93.5 Å². The van der Waals surface area contributed by atoms with Gasteiger partial charge in [-0.15, -0.1) is 0 Å². The van der Waals surface area contributed by atoms with Gasteiger partial charge < -0.3 is 10.2 Å². The first kappa shape index (κ1) is 34.6. The van der Waals surface area contributed by atoms with Crippen LogP contribution < -0.4 is 9.62 Å². The number of halogens is 5. The molecule has 3 aromatic rings. The minimum absolute atomic E-state index is 0.0593. The van der Waals surface area contributed by atoms with Crippen molar-refractivity contribution in [3.63, 3.8) is 0 Å². The smallest absolute Gasteiger partial charge is 0.352 e. The quantitative estimate of drug-likeness (QED) is 0.229. The Kier molecular flexibility index (Phi) is 11.1. The molecule has 45 heavy (non-hydrogen) atoms. The number of anilines is 1. The summed E-state index contributed by atoms with van der Waals surface area (Å²) in [6.45, 7) is 2.33. The summed E-state index contributed by atoms with van der Waals surface area (Å²) in [6.07, 6.45) is -1.08. The molecule has 1 unspecified atom stereocenters. The van der Waals surface area contributed by atoms with Gasteiger partial charge in [-0.2, -0.15) is 13.2 Å². The highest BCUT2D eigenvalue weighted by Crippen LogP contribution is 2.34. The Morgan fingerprint density at radius 2 is 1.58 bits per heavy atom. The van der Waals surface area contributed by atoms with Gasteiger partial charge in [-0.3, -0.25) is 13.9 Å². The number of sulfonamides is 1. The molecule has 0 aromatic heterocycles. The number of hydrogen-bond acceptors (Lipinski definition) is 4. The Morgan fingerprint density at radius 3 is 2.16 bits per heavy atom. The molecule has 1 N–H and O–H groups in total. The highest BCUT2D eigenvalue weighted by Gasteiger charge is 2.37. The minimum Gasteiger partial charge on any atom is -0.352 e. The van der Waals surface area contributed by atoms with Crippen LogP contribution in [0.15, 0.2) is 71.6 Å². The Balaban J connectivity index is 1.79. The van der Waals surface area contributed by atoms with Crippen LogP contribution in [0.2, 0.25) is 10.0 Å². The fourth-order valence-electron chi connectivity index (χ4n) is 5.34. The van der Waals surface area contributed by atoms with Crippen LogP contribution in [-0.4, -0.2) is 43.8 Å². The Hall–Kier alpha value is -3.28. The SMILES string of the molecule is CCC(C(=O)NC1CCCC1)N(Cc1c(Cl)cccc1Cl)C(=O)CN(c1cccc(C(F)(F)F)c1)S(=O)(=O)c1ccc(C)cc1. The van der Waals surface area contributed by atoms with Gasteiger partial charge in [0.1, 0.15) is 12.6 Å². The van der Waals surface area contributed by atoms with E-state index >= 15 is 0 Å². The van der Waals surface area contributed by atoms with Crippen LogP contribution in [0.25, 0.3) is 0 Å². The van der Waals surface area contributed by atoms with Crippen LogP contribution in [0.5, 0.6) is 0 Å². The van der Waals surface area contributed by atoms with Gasteiger partial charge in [0.2, 0.25) is 11.8 Å². The molecular formula is C32H34Cl2F3N3O4S. The number of carbonyl (C=O) groups excluding carboxylic acids is 2. The minimum atomic E-state index is -4.77. The first-order valence-corrected chi connectivity index (χ1v) is 16.7. The maximum atomic E-state index is 14.2. The summed E-state index contributed by atoms with van der Waals surface area (Å²) in [5.41, 5.74) is -0.345. The predicted molar refractivity (Wildman–Crippen MR) is 169 cm³/mol. The number of rotatable bonds is 11. The fraction of sp³-hybridized carbons (Fsp3) is 0.375. The lowest BCUT2D eigenvalue weighted by Gasteiger charge is -2.34. The molecule has 0 bridgehead atoms. The van der Waals surface area contributed by atoms with E-state index in [1.807, 2.05) is 0 Å². The predicted octanol–water partition coefficient (Wildman–Crippen LogP) is 7.38. The van der Waals surface area contributed by atoms with E-state index in [1.165, 1.54) is 23.1 Å². The lowest BCUT2D eigenvalue weighted by molar-refractivity contribution is -0.140. The highest BCUT2D eigenvalue weighted by atomic mass is 35.5. The van der Waals surface area contributed by atoms with Crippen LogP contribution in [0, 0.1) is 6.92 Å². The van der Waals surface area contributed by atoms with E-state index in [0.717, 1.165) is 43.4 Å². The second-order valence-electron chi connectivity index (χ2n) is 11.0. The maximum absolute atomic E-state index is 14.2. The number of amides is 2. The van der Waals surface area contributed by atoms with Gasteiger partial charge in [0.25, 0.3) is 10.0 Å². The molecule has 1 atom stereocenters. The summed E-state index contributed by atoms with van der Waals surface area (Å²) in [5, 5.41) is 3.45. The normalized spacial score (nSPS) is 14.6. The molecule has 0 spiro atoms. The molecule has 4 rings (SSSR count). The molecule has 7 nitrogen and oxygen atoms in total. The van der Waals surface area contributed by atoms with Crippen LogP contribution in [0.3, 0.4) is 0 Å². The molecule has 1 aliphatic rings. The van der Waals surface area contributed by atoms with E-state index in [1.54, 1.807) is 44.2 Å². The summed E-state index contributed by atoms with van der Waals surface area (Å²) in [6, 6.07) is 13.1. The molecule has 0 saturated heterocycles. The van der Waals surface area contributed by atoms with Crippen molar-refractivity contribution in [2.45, 2.75) is 75.7 Å². The molecule has 2 amide bonds. The van der Waals surface area contributed by atoms with Crippen molar-refractivity contribution in [3.8, 4) is 0 Å². The summed E-state index contributed by atoms with van der Waals surface area (Å²) in [5.74, 6) is -1.25. The number of nitrogens with one attached hydrogen (secondary N) is 1. The zero-order valence-electron chi connectivity index (χ0n) is 24.8. The van der Waals surface area contributed by atoms with Gasteiger partial charge >= 0.3 is 6.18 Å². The van der Waals surface area contributed by atoms with Crippen LogP contribution in [0.1, 0.15) is 55.7 Å². The maximum Gasteiger partial charge on any atom is 0.416 e. The molecule has 13 heteroatoms. The second-order valence-corrected chi connectivity index (χ2v) is 13.7. The summed E-state index contributed by atoms with van der Waals surface area (Å²) >= 11 is 12.9. The van der Waals surface area contributed by atoms with E-state index in [9.17, 15) is 31.2 Å². The fourth-order valence-corrected chi connectivity index (χ4v) is 7.27. The molecule has 1 aliphatic carbocycles. The van der Waals surface area contributed by atoms with Crippen molar-refractivity contribution >= 4 is 50.7 Å². The standard InChI is InChI=1S/C32H34Cl2F3N3O4S/c1-3-29(31(42)38-23-9-4-5-10-23)39(19-26-27(33)12-7-13-28(26)34)30(41)20-40(24-11-6-8-22(18-24)32(35,36)37)45(43,44)25-16-14-21(2)15-17-25/h6-8,11-18,23,29H,3-5,9-10,19-20H2,1-2H3,(H,38,42). The Labute approximate surface area is 271 Å². The largest absolute Gasteiger partial charge is 0.416 e. The van der Waals surface area contributed by atoms with Gasteiger partial charge in [0.05, 0.1) is 16.1 Å². The Bertz CT molecular complexity index is 1610. The van der Waals surface area contributed by atoms with Gasteiger partial charge in [-0.25, -0.2) is 8.42 Å². The number of carbonyl (C=O) groups is 2. The van der Waals surface area contributed by atoms with Crippen LogP contribution >= 0.6 is 23.2 Å². The van der Waals surface area contributed by atoms with Crippen molar-refractivity contribution in [2.24, 2.45) is 0 Å². The summed E-state index contributed by atoms with van der Waals surface area (Å²) < 4.78 is 69.7. The molecule has 242 valence electrons. The topological polar surface area (TPSA) is 86.8 Å². The molecule has 3 aromatic carbocycles. The average molecular weight is 685 g/mol. The van der Waals surface area contributed by atoms with Crippen LogP contribution in [-0.2, 0) is 32.3 Å². The number of benzene rings is 3. The molecule has 1 fully saturated rings. The molecule has 0 radical (unpaired) electrons. The van der Waals surface area contributed by atoms with Gasteiger partial charge in [0, 0.05) is 28.2 Å². The van der Waals surface area contributed by atoms with E-state index in [4.69, 9.17) is 23.2 Å². The summed E-state index contributed by atoms with van der Waals surface area (Å²) in [4.78, 5) is 28.8. The van der Waals surface area contributed by atoms with Crippen LogP contribution in [0.4, 0.5) is 18.9 Å². The first-order chi connectivity index (χ1) is 21.2. The van der Waals surface area contributed by atoms with Crippen molar-refractivity contribution in [1.29, 1.82) is 0 Å². The first-order valence-electron chi connectivity index (χ1n) is 14.5. The second kappa shape index (κ2) is 14.4. The van der Waals surface area contributed by atoms with Gasteiger partial charge in [0.15, 0.2) is 0 Å². The number of hydrogen-bond donors (Lipinski definition) is 1. The molecule has 0 aliphatic heterocycles. The molecule has 0 heterocycles. The van der Waals surface area contributed by atoms with E-state index in [2.05, 4.69) is 5.32 Å². The highest BCUT2D eigenvalue weighted by molar-refractivity contribution is 7.92. The third-order valence-corrected chi connectivity index (χ3v) is 10.3. The van der Waals surface area contributed by atoms with Crippen molar-refractivity contribution in [1.82, 2.24) is 10.2 Å². The number of nitrogens with zero attached hydrogens (tertiary/aromatic N) is 2.